The zero-order valence-electron chi connectivity index (χ0n) is 12.4. The first-order chi connectivity index (χ1) is 11.5. The molecule has 9 heteroatoms. The lowest BCUT2D eigenvalue weighted by molar-refractivity contribution is -0.386. The summed E-state index contributed by atoms with van der Waals surface area (Å²) in [6.45, 7) is 0. The van der Waals surface area contributed by atoms with E-state index in [1.807, 2.05) is 0 Å². The zero-order valence-corrected chi connectivity index (χ0v) is 12.4. The molecule has 3 rings (SSSR count). The normalized spacial score (nSPS) is 10.6. The summed E-state index contributed by atoms with van der Waals surface area (Å²) in [5.74, 6) is -1.06. The number of ether oxygens (including phenoxy) is 1. The number of rotatable bonds is 4. The second-order valence-electron chi connectivity index (χ2n) is 4.83. The first kappa shape index (κ1) is 15.4. The van der Waals surface area contributed by atoms with Crippen LogP contribution in [0.4, 0.5) is 15.9 Å². The number of benzene rings is 2. The fraction of sp³-hybridized carbons (Fsp3) is 0.0667. The predicted octanol–water partition coefficient (Wildman–Crippen LogP) is 2.87. The van der Waals surface area contributed by atoms with Crippen molar-refractivity contribution in [3.63, 3.8) is 0 Å². The molecule has 122 valence electrons. The van der Waals surface area contributed by atoms with Crippen LogP contribution in [0.2, 0.25) is 0 Å². The molecule has 2 aromatic carbocycles. The second-order valence-corrected chi connectivity index (χ2v) is 4.83. The maximum Gasteiger partial charge on any atom is 0.323 e. The molecule has 0 saturated heterocycles. The number of nitro groups is 1. The Hall–Kier alpha value is -3.49. The molecule has 0 aliphatic carbocycles. The monoisotopic (exact) mass is 330 g/mol. The number of anilines is 1. The van der Waals surface area contributed by atoms with Gasteiger partial charge in [0, 0.05) is 5.39 Å². The van der Waals surface area contributed by atoms with Gasteiger partial charge in [0.25, 0.3) is 5.91 Å². The third-order valence-corrected chi connectivity index (χ3v) is 3.40. The van der Waals surface area contributed by atoms with Crippen LogP contribution >= 0.6 is 0 Å². The fourth-order valence-electron chi connectivity index (χ4n) is 2.32. The molecule has 0 aliphatic heterocycles. The third kappa shape index (κ3) is 2.62. The topological polar surface area (TPSA) is 110 Å². The first-order valence-electron chi connectivity index (χ1n) is 6.77. The number of nitrogens with zero attached hydrogens (tertiary/aromatic N) is 2. The number of carbonyl (C=O) groups excluding carboxylic acids is 1. The minimum atomic E-state index is -0.724. The predicted molar refractivity (Wildman–Crippen MR) is 83.7 cm³/mol. The summed E-state index contributed by atoms with van der Waals surface area (Å²) in [7, 11) is 1.28. The SMILES string of the molecule is COc1cccc(C(=O)Nc2n[nH]c3cc(F)ccc23)c1[N+](=O)[O-]. The molecule has 0 aliphatic rings. The van der Waals surface area contributed by atoms with Crippen molar-refractivity contribution in [3.8, 4) is 5.75 Å². The lowest BCUT2D eigenvalue weighted by Crippen LogP contribution is -2.15. The second kappa shape index (κ2) is 5.95. The number of amides is 1. The standard InChI is InChI=1S/C15H11FN4O4/c1-24-12-4-2-3-10(13(12)20(22)23)15(21)17-14-9-6-5-8(16)7-11(9)18-19-14/h2-7H,1H3,(H2,17,18,19,21). The molecule has 0 radical (unpaired) electrons. The van der Waals surface area contributed by atoms with Crippen molar-refractivity contribution in [2.45, 2.75) is 0 Å². The van der Waals surface area contributed by atoms with Crippen molar-refractivity contribution in [2.24, 2.45) is 0 Å². The maximum atomic E-state index is 13.2. The molecule has 0 saturated carbocycles. The van der Waals surface area contributed by atoms with Crippen molar-refractivity contribution in [2.75, 3.05) is 12.4 Å². The van der Waals surface area contributed by atoms with E-state index in [4.69, 9.17) is 4.74 Å². The number of para-hydroxylation sites is 1. The highest BCUT2D eigenvalue weighted by atomic mass is 19.1. The Kier molecular flexibility index (Phi) is 3.82. The molecule has 24 heavy (non-hydrogen) atoms. The molecule has 3 aromatic rings. The number of aromatic nitrogens is 2. The molecule has 2 N–H and O–H groups in total. The minimum Gasteiger partial charge on any atom is -0.490 e. The number of methoxy groups -OCH3 is 1. The number of nitrogens with one attached hydrogen (secondary N) is 2. The summed E-state index contributed by atoms with van der Waals surface area (Å²) >= 11 is 0. The van der Waals surface area contributed by atoms with Crippen LogP contribution in [0.25, 0.3) is 10.9 Å². The van der Waals surface area contributed by atoms with Crippen LogP contribution < -0.4 is 10.1 Å². The summed E-state index contributed by atoms with van der Waals surface area (Å²) in [6, 6.07) is 8.07. The third-order valence-electron chi connectivity index (χ3n) is 3.40. The van der Waals surface area contributed by atoms with Gasteiger partial charge in [0.15, 0.2) is 11.6 Å². The molecule has 0 spiro atoms. The van der Waals surface area contributed by atoms with Crippen molar-refractivity contribution in [1.82, 2.24) is 10.2 Å². The molecule has 8 nitrogen and oxygen atoms in total. The molecule has 1 amide bonds. The highest BCUT2D eigenvalue weighted by Gasteiger charge is 2.26. The van der Waals surface area contributed by atoms with Crippen molar-refractivity contribution < 1.29 is 18.8 Å². The number of fused-ring (bicyclic) bond motifs is 1. The molecule has 0 atom stereocenters. The number of hydrogen-bond acceptors (Lipinski definition) is 5. The van der Waals surface area contributed by atoms with Crippen LogP contribution in [0, 0.1) is 15.9 Å². The van der Waals surface area contributed by atoms with Crippen LogP contribution in [0.5, 0.6) is 5.75 Å². The Labute approximate surface area is 134 Å². The van der Waals surface area contributed by atoms with E-state index < -0.39 is 22.3 Å². The highest BCUT2D eigenvalue weighted by molar-refractivity contribution is 6.10. The number of halogens is 1. The van der Waals surface area contributed by atoms with Gasteiger partial charge in [-0.3, -0.25) is 20.0 Å². The van der Waals surface area contributed by atoms with Gasteiger partial charge in [-0.05, 0) is 30.3 Å². The highest BCUT2D eigenvalue weighted by Crippen LogP contribution is 2.31. The van der Waals surface area contributed by atoms with Gasteiger partial charge in [-0.25, -0.2) is 4.39 Å². The summed E-state index contributed by atoms with van der Waals surface area (Å²) in [4.78, 5) is 23.0. The first-order valence-corrected chi connectivity index (χ1v) is 6.77. The van der Waals surface area contributed by atoms with Gasteiger partial charge in [-0.1, -0.05) is 6.07 Å². The Bertz CT molecular complexity index is 954. The average Bonchev–Trinajstić information content (AvgIpc) is 2.95. The van der Waals surface area contributed by atoms with Gasteiger partial charge >= 0.3 is 5.69 Å². The van der Waals surface area contributed by atoms with Crippen molar-refractivity contribution in [1.29, 1.82) is 0 Å². The quantitative estimate of drug-likeness (QED) is 0.564. The van der Waals surface area contributed by atoms with E-state index in [9.17, 15) is 19.3 Å². The lowest BCUT2D eigenvalue weighted by atomic mass is 10.1. The largest absolute Gasteiger partial charge is 0.490 e. The van der Waals surface area contributed by atoms with Crippen molar-refractivity contribution >= 4 is 28.3 Å². The molecule has 0 unspecified atom stereocenters. The van der Waals surface area contributed by atoms with Gasteiger partial charge in [-0.2, -0.15) is 5.10 Å². The Balaban J connectivity index is 1.99. The Morgan fingerprint density at radius 2 is 2.17 bits per heavy atom. The summed E-state index contributed by atoms with van der Waals surface area (Å²) in [5.41, 5.74) is -0.216. The summed E-state index contributed by atoms with van der Waals surface area (Å²) < 4.78 is 18.1. The molecule has 1 heterocycles. The van der Waals surface area contributed by atoms with E-state index >= 15 is 0 Å². The Morgan fingerprint density at radius 1 is 1.38 bits per heavy atom. The van der Waals surface area contributed by atoms with Gasteiger partial charge in [0.1, 0.15) is 11.4 Å². The number of H-pyrrole nitrogens is 1. The van der Waals surface area contributed by atoms with Gasteiger partial charge < -0.3 is 10.1 Å². The van der Waals surface area contributed by atoms with E-state index in [1.54, 1.807) is 0 Å². The molecule has 0 fully saturated rings. The average molecular weight is 330 g/mol. The lowest BCUT2D eigenvalue weighted by Gasteiger charge is -2.07. The molecular formula is C15H11FN4O4. The van der Waals surface area contributed by atoms with E-state index in [1.165, 1.54) is 43.5 Å². The summed E-state index contributed by atoms with van der Waals surface area (Å²) in [5, 5.41) is 20.7. The van der Waals surface area contributed by atoms with Crippen LogP contribution in [0.15, 0.2) is 36.4 Å². The van der Waals surface area contributed by atoms with Crippen molar-refractivity contribution in [3.05, 3.63) is 57.9 Å². The summed E-state index contributed by atoms with van der Waals surface area (Å²) in [6.07, 6.45) is 0. The van der Waals surface area contributed by atoms with Crippen LogP contribution in [-0.2, 0) is 0 Å². The fourth-order valence-corrected chi connectivity index (χ4v) is 2.32. The maximum absolute atomic E-state index is 13.2. The molecule has 0 bridgehead atoms. The van der Waals surface area contributed by atoms with Gasteiger partial charge in [-0.15, -0.1) is 0 Å². The molecule has 1 aromatic heterocycles. The van der Waals surface area contributed by atoms with Crippen LogP contribution in [0.3, 0.4) is 0 Å². The van der Waals surface area contributed by atoms with Crippen LogP contribution in [0.1, 0.15) is 10.4 Å². The van der Waals surface area contributed by atoms with E-state index in [-0.39, 0.29) is 17.1 Å². The van der Waals surface area contributed by atoms with Crippen LogP contribution in [-0.4, -0.2) is 28.1 Å². The molecular weight excluding hydrogens is 319 g/mol. The number of nitro benzene ring substituents is 1. The van der Waals surface area contributed by atoms with Gasteiger partial charge in [0.05, 0.1) is 17.5 Å². The Morgan fingerprint density at radius 3 is 2.88 bits per heavy atom. The van der Waals surface area contributed by atoms with E-state index in [2.05, 4.69) is 15.5 Å². The minimum absolute atomic E-state index is 0.0263. The zero-order chi connectivity index (χ0) is 17.3. The van der Waals surface area contributed by atoms with E-state index in [0.29, 0.717) is 10.9 Å². The number of carbonyl (C=O) groups is 1. The number of aromatic amines is 1. The smallest absolute Gasteiger partial charge is 0.323 e. The number of hydrogen-bond donors (Lipinski definition) is 2. The van der Waals surface area contributed by atoms with Gasteiger partial charge in [0.2, 0.25) is 0 Å². The van der Waals surface area contributed by atoms with E-state index in [0.717, 1.165) is 0 Å².